The molecule has 2 amide bonds. The maximum absolute atomic E-state index is 11.6. The highest BCUT2D eigenvalue weighted by Gasteiger charge is 2.22. The lowest BCUT2D eigenvalue weighted by molar-refractivity contribution is -0.132. The van der Waals surface area contributed by atoms with Gasteiger partial charge in [-0.2, -0.15) is 0 Å². The van der Waals surface area contributed by atoms with Gasteiger partial charge in [0.1, 0.15) is 18.9 Å². The summed E-state index contributed by atoms with van der Waals surface area (Å²) in [6, 6.07) is 9.43. The zero-order chi connectivity index (χ0) is 13.5. The molecule has 1 saturated heterocycles. The maximum atomic E-state index is 11.6. The van der Waals surface area contributed by atoms with Gasteiger partial charge in [0.25, 0.3) is 0 Å². The number of benzene rings is 1. The van der Waals surface area contributed by atoms with E-state index in [-0.39, 0.29) is 18.4 Å². The first kappa shape index (κ1) is 13.7. The second-order valence-corrected chi connectivity index (χ2v) is 5.04. The number of rotatable bonds is 6. The molecular formula is C13H16N2O3S. The van der Waals surface area contributed by atoms with E-state index < -0.39 is 0 Å². The van der Waals surface area contributed by atoms with Crippen LogP contribution in [-0.4, -0.2) is 48.0 Å². The number of ether oxygens (including phenoxy) is 1. The zero-order valence-corrected chi connectivity index (χ0v) is 11.3. The molecule has 0 saturated carbocycles. The minimum absolute atomic E-state index is 0.0284. The monoisotopic (exact) mass is 280 g/mol. The Balaban J connectivity index is 1.60. The minimum Gasteiger partial charge on any atom is -0.492 e. The Morgan fingerprint density at radius 2 is 2.16 bits per heavy atom. The average molecular weight is 280 g/mol. The summed E-state index contributed by atoms with van der Waals surface area (Å²) < 4.78 is 5.45. The van der Waals surface area contributed by atoms with Gasteiger partial charge >= 0.3 is 0 Å². The van der Waals surface area contributed by atoms with E-state index in [1.807, 2.05) is 30.3 Å². The SMILES string of the molecule is O=C(CN1CSCC1=O)NCCOc1ccccc1. The van der Waals surface area contributed by atoms with Crippen LogP contribution in [0.3, 0.4) is 0 Å². The van der Waals surface area contributed by atoms with E-state index in [4.69, 9.17) is 4.74 Å². The Labute approximate surface area is 116 Å². The van der Waals surface area contributed by atoms with Gasteiger partial charge in [-0.15, -0.1) is 11.8 Å². The predicted octanol–water partition coefficient (Wildman–Crippen LogP) is 0.714. The molecule has 1 aromatic carbocycles. The molecule has 0 radical (unpaired) electrons. The van der Waals surface area contributed by atoms with Crippen molar-refractivity contribution >= 4 is 23.6 Å². The molecule has 0 bridgehead atoms. The summed E-state index contributed by atoms with van der Waals surface area (Å²) in [6.45, 7) is 0.985. The summed E-state index contributed by atoms with van der Waals surface area (Å²) >= 11 is 1.53. The number of hydrogen-bond acceptors (Lipinski definition) is 4. The topological polar surface area (TPSA) is 58.6 Å². The van der Waals surface area contributed by atoms with Crippen molar-refractivity contribution in [1.82, 2.24) is 10.2 Å². The molecule has 102 valence electrons. The fourth-order valence-electron chi connectivity index (χ4n) is 1.65. The lowest BCUT2D eigenvalue weighted by Crippen LogP contribution is -2.39. The highest BCUT2D eigenvalue weighted by molar-refractivity contribution is 8.00. The van der Waals surface area contributed by atoms with Gasteiger partial charge in [0.05, 0.1) is 18.2 Å². The Bertz CT molecular complexity index is 439. The second kappa shape index (κ2) is 7.04. The average Bonchev–Trinajstić information content (AvgIpc) is 2.82. The number of nitrogens with zero attached hydrogens (tertiary/aromatic N) is 1. The van der Waals surface area contributed by atoms with Crippen molar-refractivity contribution in [3.8, 4) is 5.75 Å². The molecule has 0 atom stereocenters. The number of nitrogens with one attached hydrogen (secondary N) is 1. The Morgan fingerprint density at radius 1 is 1.37 bits per heavy atom. The van der Waals surface area contributed by atoms with Crippen molar-refractivity contribution in [3.05, 3.63) is 30.3 Å². The predicted molar refractivity (Wildman–Crippen MR) is 74.0 cm³/mol. The Kier molecular flexibility index (Phi) is 5.09. The summed E-state index contributed by atoms with van der Waals surface area (Å²) in [6.07, 6.45) is 0. The second-order valence-electron chi connectivity index (χ2n) is 4.08. The van der Waals surface area contributed by atoms with Crippen LogP contribution in [0.15, 0.2) is 30.3 Å². The molecular weight excluding hydrogens is 264 g/mol. The third-order valence-corrected chi connectivity index (χ3v) is 3.54. The zero-order valence-electron chi connectivity index (χ0n) is 10.5. The number of hydrogen-bond donors (Lipinski definition) is 1. The van der Waals surface area contributed by atoms with E-state index in [1.54, 1.807) is 4.90 Å². The number of amides is 2. The molecule has 0 aromatic heterocycles. The lowest BCUT2D eigenvalue weighted by Gasteiger charge is -2.14. The molecule has 1 aliphatic rings. The van der Waals surface area contributed by atoms with E-state index in [9.17, 15) is 9.59 Å². The quantitative estimate of drug-likeness (QED) is 0.780. The molecule has 5 nitrogen and oxygen atoms in total. The van der Waals surface area contributed by atoms with Crippen LogP contribution >= 0.6 is 11.8 Å². The first-order chi connectivity index (χ1) is 9.25. The summed E-state index contributed by atoms with van der Waals surface area (Å²) in [5.41, 5.74) is 0. The van der Waals surface area contributed by atoms with Crippen molar-refractivity contribution in [3.63, 3.8) is 0 Å². The van der Waals surface area contributed by atoms with Crippen LogP contribution in [0, 0.1) is 0 Å². The van der Waals surface area contributed by atoms with Gasteiger partial charge in [-0.3, -0.25) is 9.59 Å². The Hall–Kier alpha value is -1.69. The third kappa shape index (κ3) is 4.48. The first-order valence-electron chi connectivity index (χ1n) is 6.06. The van der Waals surface area contributed by atoms with Gasteiger partial charge in [-0.25, -0.2) is 0 Å². The van der Waals surface area contributed by atoms with Crippen LogP contribution in [0.5, 0.6) is 5.75 Å². The van der Waals surface area contributed by atoms with Gasteiger partial charge in [0.15, 0.2) is 0 Å². The summed E-state index contributed by atoms with van der Waals surface area (Å²) in [5, 5.41) is 2.73. The maximum Gasteiger partial charge on any atom is 0.239 e. The van der Waals surface area contributed by atoms with Gasteiger partial charge < -0.3 is 15.0 Å². The molecule has 1 N–H and O–H groups in total. The lowest BCUT2D eigenvalue weighted by atomic mass is 10.3. The van der Waals surface area contributed by atoms with E-state index in [1.165, 1.54) is 11.8 Å². The molecule has 1 aromatic rings. The highest BCUT2D eigenvalue weighted by Crippen LogP contribution is 2.13. The molecule has 0 unspecified atom stereocenters. The largest absolute Gasteiger partial charge is 0.492 e. The van der Waals surface area contributed by atoms with Gasteiger partial charge in [0, 0.05) is 0 Å². The van der Waals surface area contributed by atoms with Crippen molar-refractivity contribution in [2.75, 3.05) is 31.3 Å². The van der Waals surface area contributed by atoms with Gasteiger partial charge in [-0.05, 0) is 12.1 Å². The van der Waals surface area contributed by atoms with Gasteiger partial charge in [0.2, 0.25) is 11.8 Å². The van der Waals surface area contributed by atoms with Crippen LogP contribution in [-0.2, 0) is 9.59 Å². The molecule has 0 spiro atoms. The summed E-state index contributed by atoms with van der Waals surface area (Å²) in [4.78, 5) is 24.5. The summed E-state index contributed by atoms with van der Waals surface area (Å²) in [7, 11) is 0. The van der Waals surface area contributed by atoms with Crippen LogP contribution in [0.4, 0.5) is 0 Å². The molecule has 19 heavy (non-hydrogen) atoms. The van der Waals surface area contributed by atoms with Crippen molar-refractivity contribution < 1.29 is 14.3 Å². The molecule has 1 aliphatic heterocycles. The number of carbonyl (C=O) groups is 2. The van der Waals surface area contributed by atoms with E-state index in [0.29, 0.717) is 24.8 Å². The third-order valence-electron chi connectivity index (χ3n) is 2.60. The van der Waals surface area contributed by atoms with Gasteiger partial charge in [-0.1, -0.05) is 18.2 Å². The molecule has 1 heterocycles. The van der Waals surface area contributed by atoms with Crippen LogP contribution in [0.2, 0.25) is 0 Å². The van der Waals surface area contributed by atoms with E-state index >= 15 is 0 Å². The number of thioether (sulfide) groups is 1. The number of carbonyl (C=O) groups excluding carboxylic acids is 2. The Morgan fingerprint density at radius 3 is 2.84 bits per heavy atom. The normalized spacial score (nSPS) is 14.5. The molecule has 2 rings (SSSR count). The first-order valence-corrected chi connectivity index (χ1v) is 7.21. The fourth-order valence-corrected chi connectivity index (χ4v) is 2.55. The van der Waals surface area contributed by atoms with E-state index in [2.05, 4.69) is 5.32 Å². The minimum atomic E-state index is -0.146. The molecule has 0 aliphatic carbocycles. The van der Waals surface area contributed by atoms with Crippen molar-refractivity contribution in [1.29, 1.82) is 0 Å². The fraction of sp³-hybridized carbons (Fsp3) is 0.385. The molecule has 1 fully saturated rings. The van der Waals surface area contributed by atoms with Crippen molar-refractivity contribution in [2.24, 2.45) is 0 Å². The summed E-state index contributed by atoms with van der Waals surface area (Å²) in [5.74, 6) is 1.74. The number of para-hydroxylation sites is 1. The smallest absolute Gasteiger partial charge is 0.239 e. The van der Waals surface area contributed by atoms with Crippen molar-refractivity contribution in [2.45, 2.75) is 0 Å². The van der Waals surface area contributed by atoms with Crippen LogP contribution in [0.1, 0.15) is 0 Å². The van der Waals surface area contributed by atoms with Crippen LogP contribution < -0.4 is 10.1 Å². The molecule has 6 heteroatoms. The van der Waals surface area contributed by atoms with E-state index in [0.717, 1.165) is 5.75 Å². The van der Waals surface area contributed by atoms with Crippen LogP contribution in [0.25, 0.3) is 0 Å². The standard InChI is InChI=1S/C13H16N2O3S/c16-12(8-15-10-19-9-13(15)17)14-6-7-18-11-4-2-1-3-5-11/h1-5H,6-10H2,(H,14,16). The highest BCUT2D eigenvalue weighted by atomic mass is 32.2.